The van der Waals surface area contributed by atoms with Gasteiger partial charge in [-0.3, -0.25) is 0 Å². The third-order valence-electron chi connectivity index (χ3n) is 2.72. The SMILES string of the molecule is CCc1ccc(C)cc1C#CCCC(C)C. The third-order valence-corrected chi connectivity index (χ3v) is 2.72. The largest absolute Gasteiger partial charge is 0.0979 e. The first-order valence-electron chi connectivity index (χ1n) is 6.22. The van der Waals surface area contributed by atoms with E-state index in [9.17, 15) is 0 Å². The topological polar surface area (TPSA) is 0 Å². The van der Waals surface area contributed by atoms with Crippen molar-refractivity contribution < 1.29 is 0 Å². The van der Waals surface area contributed by atoms with E-state index in [1.165, 1.54) is 23.1 Å². The molecule has 0 saturated carbocycles. The van der Waals surface area contributed by atoms with Crippen molar-refractivity contribution in [3.8, 4) is 11.8 Å². The van der Waals surface area contributed by atoms with Gasteiger partial charge in [-0.25, -0.2) is 0 Å². The monoisotopic (exact) mass is 214 g/mol. The first-order chi connectivity index (χ1) is 7.63. The van der Waals surface area contributed by atoms with Crippen molar-refractivity contribution in [2.24, 2.45) is 5.92 Å². The van der Waals surface area contributed by atoms with Crippen LogP contribution >= 0.6 is 0 Å². The Hall–Kier alpha value is -1.22. The summed E-state index contributed by atoms with van der Waals surface area (Å²) in [5.41, 5.74) is 3.87. The zero-order chi connectivity index (χ0) is 12.0. The van der Waals surface area contributed by atoms with E-state index >= 15 is 0 Å². The maximum atomic E-state index is 3.31. The molecule has 0 unspecified atom stereocenters. The number of rotatable bonds is 3. The van der Waals surface area contributed by atoms with Crippen LogP contribution in [0.25, 0.3) is 0 Å². The van der Waals surface area contributed by atoms with Gasteiger partial charge in [0.2, 0.25) is 0 Å². The summed E-state index contributed by atoms with van der Waals surface area (Å²) in [6.45, 7) is 8.79. The second kappa shape index (κ2) is 6.38. The lowest BCUT2D eigenvalue weighted by molar-refractivity contribution is 0.600. The molecule has 0 heterocycles. The number of benzene rings is 1. The van der Waals surface area contributed by atoms with Crippen LogP contribution in [0.4, 0.5) is 0 Å². The van der Waals surface area contributed by atoms with Crippen LogP contribution in [0.1, 0.15) is 50.3 Å². The van der Waals surface area contributed by atoms with Crippen molar-refractivity contribution in [1.82, 2.24) is 0 Å². The molecular weight excluding hydrogens is 192 g/mol. The van der Waals surface area contributed by atoms with Gasteiger partial charge >= 0.3 is 0 Å². The summed E-state index contributed by atoms with van der Waals surface area (Å²) in [4.78, 5) is 0. The highest BCUT2D eigenvalue weighted by molar-refractivity contribution is 5.43. The van der Waals surface area contributed by atoms with Gasteiger partial charge in [-0.2, -0.15) is 0 Å². The molecular formula is C16H22. The van der Waals surface area contributed by atoms with E-state index in [-0.39, 0.29) is 0 Å². The van der Waals surface area contributed by atoms with Crippen molar-refractivity contribution >= 4 is 0 Å². The number of hydrogen-bond donors (Lipinski definition) is 0. The summed E-state index contributed by atoms with van der Waals surface area (Å²) in [7, 11) is 0. The molecule has 0 aromatic heterocycles. The Kier molecular flexibility index (Phi) is 5.12. The predicted octanol–water partition coefficient (Wildman–Crippen LogP) is 4.35. The van der Waals surface area contributed by atoms with Crippen LogP contribution in [0, 0.1) is 24.7 Å². The number of aryl methyl sites for hydroxylation is 2. The van der Waals surface area contributed by atoms with E-state index in [0.29, 0.717) is 0 Å². The zero-order valence-corrected chi connectivity index (χ0v) is 10.9. The summed E-state index contributed by atoms with van der Waals surface area (Å²) in [5.74, 6) is 7.34. The molecule has 0 heteroatoms. The van der Waals surface area contributed by atoms with Crippen LogP contribution in [0.3, 0.4) is 0 Å². The van der Waals surface area contributed by atoms with Crippen LogP contribution in [0.2, 0.25) is 0 Å². The maximum Gasteiger partial charge on any atom is 0.0279 e. The normalized spacial score (nSPS) is 10.1. The van der Waals surface area contributed by atoms with Gasteiger partial charge in [0.25, 0.3) is 0 Å². The van der Waals surface area contributed by atoms with Gasteiger partial charge in [-0.05, 0) is 42.9 Å². The molecule has 0 fully saturated rings. The van der Waals surface area contributed by atoms with E-state index < -0.39 is 0 Å². The van der Waals surface area contributed by atoms with Crippen LogP contribution in [0.15, 0.2) is 18.2 Å². The minimum atomic E-state index is 0.748. The molecule has 0 amide bonds. The standard InChI is InChI=1S/C16H22/c1-5-15-11-10-14(4)12-16(15)9-7-6-8-13(2)3/h10-13H,5-6,8H2,1-4H3. The van der Waals surface area contributed by atoms with Crippen molar-refractivity contribution in [2.45, 2.75) is 47.0 Å². The summed E-state index contributed by atoms with van der Waals surface area (Å²) in [6.07, 6.45) is 3.27. The molecule has 0 bridgehead atoms. The van der Waals surface area contributed by atoms with E-state index in [2.05, 4.69) is 57.7 Å². The van der Waals surface area contributed by atoms with Gasteiger partial charge in [0.05, 0.1) is 0 Å². The lowest BCUT2D eigenvalue weighted by Gasteiger charge is -2.02. The first kappa shape index (κ1) is 12.8. The molecule has 16 heavy (non-hydrogen) atoms. The molecule has 1 aromatic carbocycles. The molecule has 0 N–H and O–H groups in total. The molecule has 0 radical (unpaired) electrons. The fourth-order valence-corrected chi connectivity index (χ4v) is 1.63. The molecule has 0 spiro atoms. The zero-order valence-electron chi connectivity index (χ0n) is 10.9. The van der Waals surface area contributed by atoms with Crippen molar-refractivity contribution in [2.75, 3.05) is 0 Å². The molecule has 0 aliphatic rings. The fourth-order valence-electron chi connectivity index (χ4n) is 1.63. The lowest BCUT2D eigenvalue weighted by atomic mass is 10.0. The van der Waals surface area contributed by atoms with Gasteiger partial charge < -0.3 is 0 Å². The van der Waals surface area contributed by atoms with Gasteiger partial charge in [0.1, 0.15) is 0 Å². The quantitative estimate of drug-likeness (QED) is 0.656. The van der Waals surface area contributed by atoms with E-state index in [1.807, 2.05) is 0 Å². The van der Waals surface area contributed by atoms with Crippen LogP contribution in [0.5, 0.6) is 0 Å². The van der Waals surface area contributed by atoms with Crippen LogP contribution in [-0.2, 0) is 6.42 Å². The fraction of sp³-hybridized carbons (Fsp3) is 0.500. The van der Waals surface area contributed by atoms with Crippen LogP contribution < -0.4 is 0 Å². The molecule has 86 valence electrons. The van der Waals surface area contributed by atoms with Crippen molar-refractivity contribution in [1.29, 1.82) is 0 Å². The molecule has 0 aliphatic carbocycles. The van der Waals surface area contributed by atoms with Crippen LogP contribution in [-0.4, -0.2) is 0 Å². The molecule has 0 aliphatic heterocycles. The highest BCUT2D eigenvalue weighted by Crippen LogP contribution is 2.11. The summed E-state index contributed by atoms with van der Waals surface area (Å²) < 4.78 is 0. The minimum absolute atomic E-state index is 0.748. The summed E-state index contributed by atoms with van der Waals surface area (Å²) in [6, 6.07) is 6.56. The molecule has 0 nitrogen and oxygen atoms in total. The summed E-state index contributed by atoms with van der Waals surface area (Å²) in [5, 5.41) is 0. The smallest absolute Gasteiger partial charge is 0.0279 e. The Balaban J connectivity index is 2.74. The van der Waals surface area contributed by atoms with E-state index in [0.717, 1.165) is 18.8 Å². The molecule has 0 saturated heterocycles. The Morgan fingerprint density at radius 2 is 2.00 bits per heavy atom. The second-order valence-electron chi connectivity index (χ2n) is 4.75. The van der Waals surface area contributed by atoms with Gasteiger partial charge in [-0.15, -0.1) is 0 Å². The highest BCUT2D eigenvalue weighted by atomic mass is 14.0. The lowest BCUT2D eigenvalue weighted by Crippen LogP contribution is -1.89. The first-order valence-corrected chi connectivity index (χ1v) is 6.22. The Labute approximate surface area is 100 Å². The second-order valence-corrected chi connectivity index (χ2v) is 4.75. The Morgan fingerprint density at radius 3 is 2.62 bits per heavy atom. The average Bonchev–Trinajstić information content (AvgIpc) is 2.24. The molecule has 0 atom stereocenters. The minimum Gasteiger partial charge on any atom is -0.0979 e. The van der Waals surface area contributed by atoms with Crippen molar-refractivity contribution in [3.63, 3.8) is 0 Å². The molecule has 1 rings (SSSR count). The average molecular weight is 214 g/mol. The predicted molar refractivity (Wildman–Crippen MR) is 71.5 cm³/mol. The maximum absolute atomic E-state index is 3.31. The van der Waals surface area contributed by atoms with Gasteiger partial charge in [0, 0.05) is 12.0 Å². The molecule has 1 aromatic rings. The van der Waals surface area contributed by atoms with E-state index in [1.54, 1.807) is 0 Å². The van der Waals surface area contributed by atoms with Crippen molar-refractivity contribution in [3.05, 3.63) is 34.9 Å². The third kappa shape index (κ3) is 4.11. The Bertz CT molecular complexity index is 388. The Morgan fingerprint density at radius 1 is 1.25 bits per heavy atom. The van der Waals surface area contributed by atoms with E-state index in [4.69, 9.17) is 0 Å². The summed E-state index contributed by atoms with van der Waals surface area (Å²) >= 11 is 0. The van der Waals surface area contributed by atoms with Gasteiger partial charge in [0.15, 0.2) is 0 Å². The number of hydrogen-bond acceptors (Lipinski definition) is 0. The van der Waals surface area contributed by atoms with Gasteiger partial charge in [-0.1, -0.05) is 44.7 Å². The highest BCUT2D eigenvalue weighted by Gasteiger charge is 1.97.